The molecule has 10 aromatic carbocycles. The monoisotopic (exact) mass is 702 g/mol. The number of hydrogen-bond acceptors (Lipinski definition) is 2. The molecule has 2 heteroatoms. The Kier molecular flexibility index (Phi) is 6.80. The number of phenols is 2. The minimum atomic E-state index is -0.766. The van der Waals surface area contributed by atoms with E-state index < -0.39 is 5.41 Å². The Balaban J connectivity index is 1.34. The number of benzene rings is 10. The van der Waals surface area contributed by atoms with Gasteiger partial charge >= 0.3 is 0 Å². The summed E-state index contributed by atoms with van der Waals surface area (Å²) in [7, 11) is 0. The molecule has 0 saturated carbocycles. The van der Waals surface area contributed by atoms with Gasteiger partial charge in [0.2, 0.25) is 0 Å². The first-order valence-corrected chi connectivity index (χ1v) is 18.8. The lowest BCUT2D eigenvalue weighted by Gasteiger charge is -2.34. The van der Waals surface area contributed by atoms with Crippen molar-refractivity contribution in [1.82, 2.24) is 0 Å². The van der Waals surface area contributed by atoms with Gasteiger partial charge in [0.05, 0.1) is 5.41 Å². The van der Waals surface area contributed by atoms with E-state index in [1.807, 2.05) is 0 Å². The molecule has 0 spiro atoms. The van der Waals surface area contributed by atoms with Crippen LogP contribution >= 0.6 is 0 Å². The average Bonchev–Trinajstić information content (AvgIpc) is 3.55. The summed E-state index contributed by atoms with van der Waals surface area (Å²) in [6, 6.07) is 68.5. The third-order valence-electron chi connectivity index (χ3n) is 11.9. The maximum absolute atomic E-state index is 10.6. The number of phenolic OH excluding ortho intramolecular Hbond substituents is 2. The minimum Gasteiger partial charge on any atom is -0.508 e. The van der Waals surface area contributed by atoms with E-state index in [0.717, 1.165) is 33.4 Å². The molecule has 0 atom stereocenters. The molecule has 1 aliphatic rings. The fourth-order valence-electron chi connectivity index (χ4n) is 9.63. The third kappa shape index (κ3) is 4.49. The number of aromatic hydroxyl groups is 2. The lowest BCUT2D eigenvalue weighted by atomic mass is 9.67. The van der Waals surface area contributed by atoms with Gasteiger partial charge < -0.3 is 10.2 Å². The molecule has 0 aromatic heterocycles. The van der Waals surface area contributed by atoms with Crippen LogP contribution in [0.2, 0.25) is 0 Å². The van der Waals surface area contributed by atoms with E-state index in [1.165, 1.54) is 65.3 Å². The van der Waals surface area contributed by atoms with E-state index >= 15 is 0 Å². The molecule has 0 unspecified atom stereocenters. The summed E-state index contributed by atoms with van der Waals surface area (Å²) < 4.78 is 0. The van der Waals surface area contributed by atoms with E-state index in [2.05, 4.69) is 170 Å². The van der Waals surface area contributed by atoms with Gasteiger partial charge in [-0.05, 0) is 135 Å². The molecule has 0 radical (unpaired) electrons. The lowest BCUT2D eigenvalue weighted by molar-refractivity contribution is 0.475. The van der Waals surface area contributed by atoms with Crippen LogP contribution in [0.5, 0.6) is 11.5 Å². The zero-order valence-electron chi connectivity index (χ0n) is 29.9. The second-order valence-corrected chi connectivity index (χ2v) is 14.7. The van der Waals surface area contributed by atoms with Crippen molar-refractivity contribution in [2.75, 3.05) is 0 Å². The average molecular weight is 703 g/mol. The first-order chi connectivity index (χ1) is 27.1. The van der Waals surface area contributed by atoms with Gasteiger partial charge in [-0.15, -0.1) is 0 Å². The van der Waals surface area contributed by atoms with Crippen LogP contribution in [0.3, 0.4) is 0 Å². The van der Waals surface area contributed by atoms with Crippen LogP contribution in [-0.4, -0.2) is 10.2 Å². The van der Waals surface area contributed by atoms with E-state index in [1.54, 1.807) is 24.3 Å². The number of rotatable bonds is 4. The molecular formula is C53H34O2. The van der Waals surface area contributed by atoms with Gasteiger partial charge in [-0.2, -0.15) is 0 Å². The lowest BCUT2D eigenvalue weighted by Crippen LogP contribution is -2.28. The second-order valence-electron chi connectivity index (χ2n) is 14.7. The van der Waals surface area contributed by atoms with Gasteiger partial charge in [-0.1, -0.05) is 158 Å². The molecule has 0 saturated heterocycles. The van der Waals surface area contributed by atoms with Crippen LogP contribution in [0, 0.1) is 0 Å². The molecule has 11 rings (SSSR count). The summed E-state index contributed by atoms with van der Waals surface area (Å²) in [6.45, 7) is 0. The van der Waals surface area contributed by atoms with Crippen molar-refractivity contribution in [3.63, 3.8) is 0 Å². The van der Waals surface area contributed by atoms with Crippen molar-refractivity contribution in [3.05, 3.63) is 216 Å². The van der Waals surface area contributed by atoms with Gasteiger partial charge in [-0.25, -0.2) is 0 Å². The van der Waals surface area contributed by atoms with Gasteiger partial charge in [-0.3, -0.25) is 0 Å². The zero-order valence-corrected chi connectivity index (χ0v) is 29.9. The summed E-state index contributed by atoms with van der Waals surface area (Å²) in [5, 5.41) is 30.9. The van der Waals surface area contributed by atoms with E-state index in [-0.39, 0.29) is 11.5 Å². The molecule has 2 nitrogen and oxygen atoms in total. The van der Waals surface area contributed by atoms with Crippen molar-refractivity contribution in [3.8, 4) is 44.9 Å². The summed E-state index contributed by atoms with van der Waals surface area (Å²) in [5.41, 5.74) is 10.7. The highest BCUT2D eigenvalue weighted by molar-refractivity contribution is 6.18. The van der Waals surface area contributed by atoms with Crippen molar-refractivity contribution < 1.29 is 10.2 Å². The first-order valence-electron chi connectivity index (χ1n) is 18.8. The maximum atomic E-state index is 10.6. The summed E-state index contributed by atoms with van der Waals surface area (Å²) >= 11 is 0. The SMILES string of the molecule is Oc1ccc(C2(c3ccc(O)cc3)c3cccc(-c4cc5ccccc5c5ccccc45)c3-c3c(-c4cc5ccccc5c5ccccc45)cccc32)cc1. The molecule has 0 aliphatic heterocycles. The highest BCUT2D eigenvalue weighted by atomic mass is 16.3. The van der Waals surface area contributed by atoms with Crippen molar-refractivity contribution in [1.29, 1.82) is 0 Å². The van der Waals surface area contributed by atoms with Gasteiger partial charge in [0.1, 0.15) is 11.5 Å². The van der Waals surface area contributed by atoms with E-state index in [0.29, 0.717) is 0 Å². The normalized spacial score (nSPS) is 13.0. The van der Waals surface area contributed by atoms with Crippen LogP contribution in [0.1, 0.15) is 22.3 Å². The quantitative estimate of drug-likeness (QED) is 0.179. The fraction of sp³-hybridized carbons (Fsp3) is 0.0189. The smallest absolute Gasteiger partial charge is 0.115 e. The zero-order chi connectivity index (χ0) is 36.7. The predicted molar refractivity (Wildman–Crippen MR) is 228 cm³/mol. The molecule has 0 amide bonds. The summed E-state index contributed by atoms with van der Waals surface area (Å²) in [5.74, 6) is 0.437. The molecule has 258 valence electrons. The Morgan fingerprint density at radius 2 is 0.655 bits per heavy atom. The Hall–Kier alpha value is -7.16. The maximum Gasteiger partial charge on any atom is 0.115 e. The molecule has 0 heterocycles. The summed E-state index contributed by atoms with van der Waals surface area (Å²) in [4.78, 5) is 0. The van der Waals surface area contributed by atoms with Crippen LogP contribution in [0.15, 0.2) is 194 Å². The number of hydrogen-bond donors (Lipinski definition) is 2. The molecule has 55 heavy (non-hydrogen) atoms. The van der Waals surface area contributed by atoms with E-state index in [9.17, 15) is 10.2 Å². The van der Waals surface area contributed by atoms with Gasteiger partial charge in [0.25, 0.3) is 0 Å². The molecule has 2 N–H and O–H groups in total. The first kappa shape index (κ1) is 31.4. The van der Waals surface area contributed by atoms with Gasteiger partial charge in [0, 0.05) is 0 Å². The number of fused-ring (bicyclic) bond motifs is 9. The Labute approximate surface area is 318 Å². The highest BCUT2D eigenvalue weighted by Crippen LogP contribution is 2.61. The van der Waals surface area contributed by atoms with Crippen LogP contribution in [0.4, 0.5) is 0 Å². The fourth-order valence-corrected chi connectivity index (χ4v) is 9.63. The van der Waals surface area contributed by atoms with Crippen molar-refractivity contribution >= 4 is 43.1 Å². The van der Waals surface area contributed by atoms with E-state index in [4.69, 9.17) is 0 Å². The van der Waals surface area contributed by atoms with Crippen LogP contribution in [0.25, 0.3) is 76.5 Å². The van der Waals surface area contributed by atoms with Crippen LogP contribution in [-0.2, 0) is 5.41 Å². The molecule has 0 bridgehead atoms. The standard InChI is InChI=1S/C53H34O2/c54-37-27-23-35(24-28-37)53(36-25-29-38(55)30-26-36)49-21-9-19-45(47-31-33-11-1-3-13-39(33)41-15-5-7-17-43(41)47)51(49)52-46(20-10-22-50(52)53)48-32-34-12-2-4-14-40(34)42-16-6-8-18-44(42)48/h1-32,54-55H. The predicted octanol–water partition coefficient (Wildman–Crippen LogP) is 13.4. The molecule has 10 aromatic rings. The summed E-state index contributed by atoms with van der Waals surface area (Å²) in [6.07, 6.45) is 0. The van der Waals surface area contributed by atoms with Crippen molar-refractivity contribution in [2.45, 2.75) is 5.41 Å². The van der Waals surface area contributed by atoms with Crippen LogP contribution < -0.4 is 0 Å². The van der Waals surface area contributed by atoms with Gasteiger partial charge in [0.15, 0.2) is 0 Å². The second kappa shape index (κ2) is 11.9. The largest absolute Gasteiger partial charge is 0.508 e. The Morgan fingerprint density at radius 3 is 1.07 bits per heavy atom. The Bertz CT molecular complexity index is 2940. The third-order valence-corrected chi connectivity index (χ3v) is 11.9. The molecule has 1 aliphatic carbocycles. The topological polar surface area (TPSA) is 40.5 Å². The minimum absolute atomic E-state index is 0.218. The highest BCUT2D eigenvalue weighted by Gasteiger charge is 2.48. The van der Waals surface area contributed by atoms with Crippen molar-refractivity contribution in [2.24, 2.45) is 0 Å². The Morgan fingerprint density at radius 1 is 0.291 bits per heavy atom. The molecular weight excluding hydrogens is 669 g/mol. The molecule has 0 fully saturated rings.